The summed E-state index contributed by atoms with van der Waals surface area (Å²) in [5.41, 5.74) is 1.68. The van der Waals surface area contributed by atoms with Crippen LogP contribution in [0.5, 0.6) is 0 Å². The van der Waals surface area contributed by atoms with E-state index in [1.807, 2.05) is 0 Å². The van der Waals surface area contributed by atoms with Crippen LogP contribution in [0.4, 0.5) is 0 Å². The maximum absolute atomic E-state index is 14.2. The van der Waals surface area contributed by atoms with Crippen molar-refractivity contribution < 1.29 is 19.8 Å². The van der Waals surface area contributed by atoms with Gasteiger partial charge in [0.05, 0.1) is 11.5 Å². The van der Waals surface area contributed by atoms with Crippen molar-refractivity contribution in [3.63, 3.8) is 0 Å². The molecule has 0 saturated heterocycles. The zero-order chi connectivity index (χ0) is 31.4. The molecule has 43 heavy (non-hydrogen) atoms. The summed E-state index contributed by atoms with van der Waals surface area (Å²) in [5.74, 6) is 1.98. The molecule has 5 saturated carbocycles. The number of carbonyl (C=O) groups excluding carboxylic acids is 1. The maximum atomic E-state index is 14.2. The molecule has 0 bridgehead atoms. The summed E-state index contributed by atoms with van der Waals surface area (Å²) in [5, 5.41) is 23.2. The summed E-state index contributed by atoms with van der Waals surface area (Å²) in [6.45, 7) is 19.9. The van der Waals surface area contributed by atoms with Crippen LogP contribution in [-0.4, -0.2) is 34.7 Å². The van der Waals surface area contributed by atoms with Crippen LogP contribution in [-0.2, 0) is 9.59 Å². The number of unbranched alkanes of at least 4 members (excludes halogenated alkanes) is 3. The Balaban J connectivity index is 1.35. The van der Waals surface area contributed by atoms with Crippen LogP contribution in [0.3, 0.4) is 0 Å². The van der Waals surface area contributed by atoms with Crippen molar-refractivity contribution in [1.82, 2.24) is 5.32 Å². The third kappa shape index (κ3) is 5.06. The highest BCUT2D eigenvalue weighted by Gasteiger charge is 2.71. The Morgan fingerprint density at radius 1 is 0.860 bits per heavy atom. The molecule has 5 fully saturated rings. The fraction of sp³-hybridized carbons (Fsp3) is 0.842. The highest BCUT2D eigenvalue weighted by molar-refractivity contribution is 5.84. The number of hydrogen-bond acceptors (Lipinski definition) is 3. The largest absolute Gasteiger partial charge is 0.478 e. The minimum absolute atomic E-state index is 0.0302. The van der Waals surface area contributed by atoms with Crippen LogP contribution in [0.25, 0.3) is 0 Å². The number of amides is 1. The summed E-state index contributed by atoms with van der Waals surface area (Å²) >= 11 is 0. The van der Waals surface area contributed by atoms with Crippen molar-refractivity contribution in [2.24, 2.45) is 56.7 Å². The van der Waals surface area contributed by atoms with E-state index < -0.39 is 5.97 Å². The van der Waals surface area contributed by atoms with E-state index in [2.05, 4.69) is 53.4 Å². The number of aliphatic carboxylic acids is 1. The van der Waals surface area contributed by atoms with Gasteiger partial charge in [-0.1, -0.05) is 59.3 Å². The average molecular weight is 596 g/mol. The van der Waals surface area contributed by atoms with E-state index in [0.717, 1.165) is 64.2 Å². The smallest absolute Gasteiger partial charge is 0.327 e. The molecule has 5 heteroatoms. The van der Waals surface area contributed by atoms with E-state index in [9.17, 15) is 14.7 Å². The molecule has 0 unspecified atom stereocenters. The predicted molar refractivity (Wildman–Crippen MR) is 173 cm³/mol. The van der Waals surface area contributed by atoms with Crippen LogP contribution in [0.1, 0.15) is 131 Å². The molecule has 3 N–H and O–H groups in total. The van der Waals surface area contributed by atoms with Gasteiger partial charge in [0.2, 0.25) is 5.91 Å². The first kappa shape index (κ1) is 32.8. The fourth-order valence-corrected chi connectivity index (χ4v) is 12.6. The lowest BCUT2D eigenvalue weighted by molar-refractivity contribution is -0.246. The topological polar surface area (TPSA) is 86.6 Å². The lowest BCUT2D eigenvalue weighted by Gasteiger charge is -2.72. The monoisotopic (exact) mass is 595 g/mol. The van der Waals surface area contributed by atoms with Crippen molar-refractivity contribution in [3.05, 3.63) is 24.3 Å². The Kier molecular flexibility index (Phi) is 8.86. The second-order valence-corrected chi connectivity index (χ2v) is 17.1. The summed E-state index contributed by atoms with van der Waals surface area (Å²) in [4.78, 5) is 24.9. The van der Waals surface area contributed by atoms with Crippen LogP contribution in [0, 0.1) is 56.7 Å². The molecular formula is C38H61NO4. The van der Waals surface area contributed by atoms with Crippen LogP contribution in [0.2, 0.25) is 0 Å². The average Bonchev–Trinajstić information content (AvgIpc) is 3.34. The SMILES string of the molecule is C=C(C)[C@@H]1CC[C@]2(C(=O)NCCCCC/C=C/C(=O)O)CC[C@]3(C)[C@H](CC[C@@H]4[C@@]5(C)CC[C@H](O)C(C)(C)[C@@H]5CC[C@]43C)[C@@H]12. The molecule has 5 aliphatic carbocycles. The van der Waals surface area contributed by atoms with Crippen molar-refractivity contribution in [2.75, 3.05) is 6.54 Å². The summed E-state index contributed by atoms with van der Waals surface area (Å²) in [7, 11) is 0. The first-order chi connectivity index (χ1) is 20.1. The zero-order valence-electron chi connectivity index (χ0n) is 28.1. The number of carboxylic acid groups (broad SMARTS) is 1. The molecule has 5 rings (SSSR count). The van der Waals surface area contributed by atoms with Gasteiger partial charge in [-0.25, -0.2) is 4.79 Å². The zero-order valence-corrected chi connectivity index (χ0v) is 28.1. The Morgan fingerprint density at radius 3 is 2.30 bits per heavy atom. The molecule has 0 radical (unpaired) electrons. The molecule has 0 aromatic rings. The molecule has 242 valence electrons. The van der Waals surface area contributed by atoms with Crippen molar-refractivity contribution in [2.45, 2.75) is 138 Å². The van der Waals surface area contributed by atoms with Gasteiger partial charge in [-0.05, 0) is 142 Å². The first-order valence-electron chi connectivity index (χ1n) is 17.7. The third-order valence-electron chi connectivity index (χ3n) is 15.1. The number of carbonyl (C=O) groups is 2. The van der Waals surface area contributed by atoms with E-state index in [4.69, 9.17) is 5.11 Å². The number of aliphatic hydroxyl groups excluding tert-OH is 1. The van der Waals surface area contributed by atoms with E-state index in [1.165, 1.54) is 37.3 Å². The van der Waals surface area contributed by atoms with Crippen molar-refractivity contribution in [3.8, 4) is 0 Å². The normalized spacial score (nSPS) is 45.0. The Labute approximate surface area is 261 Å². The number of fused-ring (bicyclic) bond motifs is 7. The molecule has 0 spiro atoms. The Bertz CT molecular complexity index is 1130. The van der Waals surface area contributed by atoms with E-state index in [1.54, 1.807) is 6.08 Å². The lowest BCUT2D eigenvalue weighted by atomic mass is 9.32. The Hall–Kier alpha value is -1.62. The minimum Gasteiger partial charge on any atom is -0.478 e. The highest BCUT2D eigenvalue weighted by Crippen LogP contribution is 2.77. The molecule has 0 aromatic heterocycles. The van der Waals surface area contributed by atoms with E-state index in [-0.39, 0.29) is 33.2 Å². The molecule has 0 heterocycles. The van der Waals surface area contributed by atoms with Gasteiger partial charge in [-0.3, -0.25) is 4.79 Å². The molecule has 1 amide bonds. The minimum atomic E-state index is -0.892. The van der Waals surface area contributed by atoms with Gasteiger partial charge < -0.3 is 15.5 Å². The summed E-state index contributed by atoms with van der Waals surface area (Å²) in [6, 6.07) is 0. The predicted octanol–water partition coefficient (Wildman–Crippen LogP) is 8.32. The number of rotatable bonds is 9. The van der Waals surface area contributed by atoms with E-state index >= 15 is 0 Å². The van der Waals surface area contributed by atoms with Crippen molar-refractivity contribution in [1.29, 1.82) is 0 Å². The molecule has 5 nitrogen and oxygen atoms in total. The number of nitrogens with one attached hydrogen (secondary N) is 1. The van der Waals surface area contributed by atoms with Gasteiger partial charge in [-0.15, -0.1) is 0 Å². The van der Waals surface area contributed by atoms with Crippen LogP contribution in [0.15, 0.2) is 24.3 Å². The summed E-state index contributed by atoms with van der Waals surface area (Å²) < 4.78 is 0. The van der Waals surface area contributed by atoms with Crippen LogP contribution < -0.4 is 5.32 Å². The van der Waals surface area contributed by atoms with Gasteiger partial charge in [0, 0.05) is 12.6 Å². The number of allylic oxidation sites excluding steroid dienone is 2. The van der Waals surface area contributed by atoms with Crippen molar-refractivity contribution >= 4 is 11.9 Å². The summed E-state index contributed by atoms with van der Waals surface area (Å²) in [6.07, 6.45) is 17.6. The Morgan fingerprint density at radius 2 is 1.60 bits per heavy atom. The van der Waals surface area contributed by atoms with Gasteiger partial charge in [-0.2, -0.15) is 0 Å². The molecular weight excluding hydrogens is 534 g/mol. The van der Waals surface area contributed by atoms with Gasteiger partial charge in [0.1, 0.15) is 0 Å². The maximum Gasteiger partial charge on any atom is 0.327 e. The molecule has 0 aliphatic heterocycles. The molecule has 0 aromatic carbocycles. The molecule has 5 aliphatic rings. The third-order valence-corrected chi connectivity index (χ3v) is 15.1. The van der Waals surface area contributed by atoms with Crippen LogP contribution >= 0.6 is 0 Å². The fourth-order valence-electron chi connectivity index (χ4n) is 12.6. The molecule has 10 atom stereocenters. The number of hydrogen-bond donors (Lipinski definition) is 3. The van der Waals surface area contributed by atoms with Gasteiger partial charge >= 0.3 is 5.97 Å². The second-order valence-electron chi connectivity index (χ2n) is 17.1. The second kappa shape index (κ2) is 11.6. The number of aliphatic hydroxyl groups is 1. The standard InChI is InChI=1S/C38H61NO4/c1-25(2)26-16-21-38(33(43)39-24-12-10-8-9-11-13-31(41)42)23-22-36(6)27(32(26)38)14-15-29-35(5)19-18-30(40)34(3,4)28(35)17-20-37(29,36)7/h11,13,26-30,32,40H,1,8-10,12,14-24H2,2-7H3,(H,39,43)(H,41,42)/b13-11+/t26-,27+,28-,29+,30-,32+,35-,36+,37+,38-/m0/s1. The lowest BCUT2D eigenvalue weighted by Crippen LogP contribution is -2.67. The first-order valence-corrected chi connectivity index (χ1v) is 17.7. The number of carboxylic acids is 1. The quantitative estimate of drug-likeness (QED) is 0.142. The van der Waals surface area contributed by atoms with E-state index in [0.29, 0.717) is 42.0 Å². The highest BCUT2D eigenvalue weighted by atomic mass is 16.4. The van der Waals surface area contributed by atoms with Gasteiger partial charge in [0.25, 0.3) is 0 Å². The van der Waals surface area contributed by atoms with Gasteiger partial charge in [0.15, 0.2) is 0 Å².